The summed E-state index contributed by atoms with van der Waals surface area (Å²) in [6.45, 7) is 2.05. The molecule has 12 heteroatoms. The molecule has 1 aliphatic heterocycles. The Bertz CT molecular complexity index is 792. The van der Waals surface area contributed by atoms with Gasteiger partial charge in [0, 0.05) is 10.8 Å². The zero-order chi connectivity index (χ0) is 22.0. The van der Waals surface area contributed by atoms with Crippen LogP contribution in [0.2, 0.25) is 10.0 Å². The van der Waals surface area contributed by atoms with Crippen molar-refractivity contribution < 1.29 is 75.3 Å². The first-order chi connectivity index (χ1) is 13.5. The molecule has 0 bridgehead atoms. The van der Waals surface area contributed by atoms with Crippen molar-refractivity contribution in [1.82, 2.24) is 5.32 Å². The van der Waals surface area contributed by atoms with Crippen LogP contribution in [0.25, 0.3) is 0 Å². The molecule has 1 fully saturated rings. The van der Waals surface area contributed by atoms with Crippen LogP contribution in [0, 0.1) is 17.7 Å². The zero-order valence-electron chi connectivity index (χ0n) is 16.0. The van der Waals surface area contributed by atoms with E-state index in [1.807, 2.05) is 6.07 Å². The van der Waals surface area contributed by atoms with Crippen molar-refractivity contribution in [3.8, 4) is 0 Å². The van der Waals surface area contributed by atoms with Gasteiger partial charge in [-0.1, -0.05) is 22.7 Å². The van der Waals surface area contributed by atoms with Crippen LogP contribution in [0.4, 0.5) is 22.0 Å². The quantitative estimate of drug-likeness (QED) is 0.217. The van der Waals surface area contributed by atoms with Crippen molar-refractivity contribution in [2.75, 3.05) is 13.1 Å². The van der Waals surface area contributed by atoms with Crippen molar-refractivity contribution in [2.24, 2.45) is 0 Å². The molecule has 0 spiro atoms. The van der Waals surface area contributed by atoms with Crippen LogP contribution in [0.1, 0.15) is 24.3 Å². The maximum absolute atomic E-state index is 12.8. The first kappa shape index (κ1) is 32.6. The number of carboxylic acids is 1. The number of nitrogens with one attached hydrogen (secondary N) is 1. The van der Waals surface area contributed by atoms with Crippen LogP contribution in [0.3, 0.4) is 0 Å². The van der Waals surface area contributed by atoms with Gasteiger partial charge in [-0.3, -0.25) is 0 Å². The summed E-state index contributed by atoms with van der Waals surface area (Å²) >= 11 is 11.4. The van der Waals surface area contributed by atoms with Gasteiger partial charge in [-0.15, -0.1) is 23.7 Å². The van der Waals surface area contributed by atoms with E-state index in [-0.39, 0.29) is 55.1 Å². The Morgan fingerprint density at radius 2 is 1.58 bits per heavy atom. The molecule has 2 N–H and O–H groups in total. The molecule has 0 aromatic heterocycles. The minimum absolute atomic E-state index is 0. The van der Waals surface area contributed by atoms with Gasteiger partial charge >= 0.3 is 31.6 Å². The third-order valence-electron chi connectivity index (χ3n) is 3.71. The predicted octanol–water partition coefficient (Wildman–Crippen LogP) is 2.86. The molecule has 0 radical (unpaired) electrons. The molecule has 0 atom stereocenters. The second-order valence-corrected chi connectivity index (χ2v) is 6.66. The van der Waals surface area contributed by atoms with Gasteiger partial charge in [-0.2, -0.15) is 25.3 Å². The molecule has 2 aromatic carbocycles. The number of halogens is 8. The predicted molar refractivity (Wildman–Crippen MR) is 100 cm³/mol. The molecule has 0 amide bonds. The van der Waals surface area contributed by atoms with E-state index in [4.69, 9.17) is 33.1 Å². The fourth-order valence-electron chi connectivity index (χ4n) is 2.38. The third-order valence-corrected chi connectivity index (χ3v) is 4.26. The van der Waals surface area contributed by atoms with Gasteiger partial charge in [0.25, 0.3) is 0 Å². The van der Waals surface area contributed by atoms with Gasteiger partial charge in [-0.25, -0.2) is 13.6 Å². The Hall–Kier alpha value is -0.547. The van der Waals surface area contributed by atoms with Gasteiger partial charge in [0.1, 0.15) is 5.82 Å². The van der Waals surface area contributed by atoms with Gasteiger partial charge in [0.15, 0.2) is 0 Å². The molecular formula is C19H17Cl2F5INO2Zn. The van der Waals surface area contributed by atoms with Crippen LogP contribution < -0.4 is 29.3 Å². The van der Waals surface area contributed by atoms with Gasteiger partial charge in [0.05, 0.1) is 0 Å². The Labute approximate surface area is 216 Å². The maximum atomic E-state index is 12.8. The van der Waals surface area contributed by atoms with Crippen LogP contribution in [-0.4, -0.2) is 30.3 Å². The molecule has 168 valence electrons. The van der Waals surface area contributed by atoms with E-state index in [1.165, 1.54) is 30.3 Å². The molecule has 2 aromatic rings. The molecule has 3 rings (SSSR count). The Kier molecular flexibility index (Phi) is 17.0. The minimum atomic E-state index is -5.08. The van der Waals surface area contributed by atoms with Crippen molar-refractivity contribution >= 4 is 29.2 Å². The van der Waals surface area contributed by atoms with Crippen LogP contribution >= 0.6 is 23.2 Å². The van der Waals surface area contributed by atoms with Crippen molar-refractivity contribution in [3.05, 3.63) is 69.7 Å². The SMILES string of the molecule is Fc1cc[c-]c(Cl)c1.Fc1ccc(C2CCNCC2)c(Cl)c1.O=C(O)C(F)(F)F.[I-].[Zn+2]. The normalized spacial score (nSPS) is 13.3. The molecule has 0 unspecified atom stereocenters. The monoisotopic (exact) mass is 647 g/mol. The first-order valence-electron chi connectivity index (χ1n) is 8.29. The zero-order valence-corrected chi connectivity index (χ0v) is 22.6. The van der Waals surface area contributed by atoms with E-state index >= 15 is 0 Å². The number of aliphatic carboxylic acids is 1. The Balaban J connectivity index is 0. The van der Waals surface area contributed by atoms with Crippen LogP contribution in [-0.2, 0) is 24.3 Å². The van der Waals surface area contributed by atoms with Gasteiger partial charge in [-0.05, 0) is 49.5 Å². The molecule has 1 heterocycles. The van der Waals surface area contributed by atoms with Gasteiger partial charge in [0.2, 0.25) is 0 Å². The standard InChI is InChI=1S/C11H13ClFN.C6H3ClF.C2HF3O2.HI.Zn/c12-11-7-9(13)1-2-10(11)8-3-5-14-6-4-8;7-5-2-1-3-6(8)4-5;3-2(4,5)1(6)7;;/h1-2,7-8,14H,3-6H2;1,3-4H;(H,6,7);1H;/q;-1;;;+2/p-1. The first-order valence-corrected chi connectivity index (χ1v) is 9.04. The average molecular weight is 650 g/mol. The second-order valence-electron chi connectivity index (χ2n) is 5.85. The van der Waals surface area contributed by atoms with E-state index in [0.717, 1.165) is 31.5 Å². The largest absolute Gasteiger partial charge is 2.00 e. The average Bonchev–Trinajstić information content (AvgIpc) is 2.62. The van der Waals surface area contributed by atoms with Crippen molar-refractivity contribution in [1.29, 1.82) is 0 Å². The molecule has 0 saturated carbocycles. The summed E-state index contributed by atoms with van der Waals surface area (Å²) in [5.74, 6) is -2.85. The van der Waals surface area contributed by atoms with Crippen molar-refractivity contribution in [2.45, 2.75) is 24.9 Å². The molecule has 1 aliphatic rings. The van der Waals surface area contributed by atoms with Crippen LogP contribution in [0.15, 0.2) is 36.4 Å². The number of carboxylic acid groups (broad SMARTS) is 1. The molecule has 0 aliphatic carbocycles. The summed E-state index contributed by atoms with van der Waals surface area (Å²) in [5, 5.41) is 11.3. The maximum Gasteiger partial charge on any atom is 2.00 e. The third kappa shape index (κ3) is 13.6. The topological polar surface area (TPSA) is 49.3 Å². The van der Waals surface area contributed by atoms with E-state index in [2.05, 4.69) is 11.4 Å². The minimum Gasteiger partial charge on any atom is -1.00 e. The summed E-state index contributed by atoms with van der Waals surface area (Å²) in [4.78, 5) is 8.90. The Morgan fingerprint density at radius 1 is 1.06 bits per heavy atom. The number of carbonyl (C=O) groups is 1. The molecule has 3 nitrogen and oxygen atoms in total. The smallest absolute Gasteiger partial charge is 1.00 e. The second kappa shape index (κ2) is 16.1. The summed E-state index contributed by atoms with van der Waals surface area (Å²) in [5.41, 5.74) is 1.09. The summed E-state index contributed by atoms with van der Waals surface area (Å²) in [6, 6.07) is 11.3. The van der Waals surface area contributed by atoms with Gasteiger partial charge < -0.3 is 34.4 Å². The number of benzene rings is 2. The summed E-state index contributed by atoms with van der Waals surface area (Å²) in [6.07, 6.45) is -2.91. The fourth-order valence-corrected chi connectivity index (χ4v) is 2.87. The van der Waals surface area contributed by atoms with E-state index in [9.17, 15) is 22.0 Å². The fraction of sp³-hybridized carbons (Fsp3) is 0.316. The Morgan fingerprint density at radius 3 is 1.97 bits per heavy atom. The van der Waals surface area contributed by atoms with Crippen molar-refractivity contribution in [3.63, 3.8) is 0 Å². The summed E-state index contributed by atoms with van der Waals surface area (Å²) in [7, 11) is 0. The van der Waals surface area contributed by atoms with E-state index in [1.54, 1.807) is 0 Å². The molecule has 31 heavy (non-hydrogen) atoms. The molecule has 1 saturated heterocycles. The van der Waals surface area contributed by atoms with Crippen LogP contribution in [0.5, 0.6) is 0 Å². The number of piperidine rings is 1. The van der Waals surface area contributed by atoms with E-state index in [0.29, 0.717) is 16.0 Å². The number of hydrogen-bond donors (Lipinski definition) is 2. The number of alkyl halides is 3. The molecular weight excluding hydrogens is 632 g/mol. The van der Waals surface area contributed by atoms with E-state index < -0.39 is 12.1 Å². The number of rotatable bonds is 1. The summed E-state index contributed by atoms with van der Waals surface area (Å²) < 4.78 is 56.6. The number of hydrogen-bond acceptors (Lipinski definition) is 2.